The smallest absolute Gasteiger partial charge is 0.273 e. The molecule has 0 aliphatic carbocycles. The van der Waals surface area contributed by atoms with Crippen molar-refractivity contribution in [3.8, 4) is 0 Å². The Balaban J connectivity index is 2.18. The van der Waals surface area contributed by atoms with E-state index in [0.29, 0.717) is 12.2 Å². The maximum Gasteiger partial charge on any atom is 0.273 e. The highest BCUT2D eigenvalue weighted by molar-refractivity contribution is 7.89. The fourth-order valence-corrected chi connectivity index (χ4v) is 2.59. The molecule has 19 heavy (non-hydrogen) atoms. The molecule has 102 valence electrons. The molecule has 0 amide bonds. The molecule has 0 spiro atoms. The number of sulfonamides is 1. The van der Waals surface area contributed by atoms with Gasteiger partial charge in [0, 0.05) is 13.5 Å². The summed E-state index contributed by atoms with van der Waals surface area (Å²) < 4.78 is 23.9. The van der Waals surface area contributed by atoms with Crippen LogP contribution in [-0.4, -0.2) is 23.2 Å². The minimum atomic E-state index is -3.81. The first kappa shape index (κ1) is 13.7. The van der Waals surface area contributed by atoms with Crippen LogP contribution >= 0.6 is 0 Å². The Bertz CT molecular complexity index is 692. The van der Waals surface area contributed by atoms with Gasteiger partial charge in [0.15, 0.2) is 0 Å². The third-order valence-electron chi connectivity index (χ3n) is 3.06. The number of aryl methyl sites for hydroxylation is 3. The number of primary sulfonamides is 1. The monoisotopic (exact) mass is 280 g/mol. The molecule has 0 saturated carbocycles. The topological polar surface area (TPSA) is 90.9 Å². The standard InChI is InChI=1S/C12H16N4O2S/c1-9-5-3-4-6-10(9)7-8-11-14-15-12(16(11)2)19(13,17)18/h3-6H,7-8H2,1-2H3,(H2,13,17,18). The van der Waals surface area contributed by atoms with Gasteiger partial charge in [-0.15, -0.1) is 10.2 Å². The number of benzene rings is 1. The van der Waals surface area contributed by atoms with Crippen LogP contribution in [-0.2, 0) is 29.9 Å². The van der Waals surface area contributed by atoms with E-state index in [1.54, 1.807) is 7.05 Å². The van der Waals surface area contributed by atoms with Crippen molar-refractivity contribution in [2.75, 3.05) is 0 Å². The van der Waals surface area contributed by atoms with Gasteiger partial charge in [0.2, 0.25) is 0 Å². The first-order chi connectivity index (χ1) is 8.89. The minimum Gasteiger partial charge on any atom is -0.304 e. The van der Waals surface area contributed by atoms with Crippen LogP contribution in [0.15, 0.2) is 29.4 Å². The van der Waals surface area contributed by atoms with Gasteiger partial charge in [-0.05, 0) is 24.5 Å². The zero-order valence-corrected chi connectivity index (χ0v) is 11.7. The van der Waals surface area contributed by atoms with E-state index >= 15 is 0 Å². The molecule has 1 aromatic heterocycles. The maximum absolute atomic E-state index is 11.2. The average Bonchev–Trinajstić information content (AvgIpc) is 2.69. The van der Waals surface area contributed by atoms with Gasteiger partial charge in [-0.25, -0.2) is 13.6 Å². The lowest BCUT2D eigenvalue weighted by Crippen LogP contribution is -2.18. The fourth-order valence-electron chi connectivity index (χ4n) is 1.95. The highest BCUT2D eigenvalue weighted by atomic mass is 32.2. The molecule has 0 radical (unpaired) electrons. The number of hydrogen-bond acceptors (Lipinski definition) is 4. The fraction of sp³-hybridized carbons (Fsp3) is 0.333. The largest absolute Gasteiger partial charge is 0.304 e. The van der Waals surface area contributed by atoms with Crippen molar-refractivity contribution in [2.45, 2.75) is 24.9 Å². The lowest BCUT2D eigenvalue weighted by atomic mass is 10.0. The van der Waals surface area contributed by atoms with Crippen molar-refractivity contribution in [1.29, 1.82) is 0 Å². The molecule has 1 aromatic carbocycles. The molecule has 6 nitrogen and oxygen atoms in total. The van der Waals surface area contributed by atoms with Crippen LogP contribution in [0.3, 0.4) is 0 Å². The van der Waals surface area contributed by atoms with E-state index in [1.807, 2.05) is 31.2 Å². The second kappa shape index (κ2) is 5.10. The number of rotatable bonds is 4. The predicted molar refractivity (Wildman–Crippen MR) is 71.0 cm³/mol. The normalized spacial score (nSPS) is 11.7. The summed E-state index contributed by atoms with van der Waals surface area (Å²) in [7, 11) is -2.21. The highest BCUT2D eigenvalue weighted by Crippen LogP contribution is 2.12. The Morgan fingerprint density at radius 1 is 1.21 bits per heavy atom. The Morgan fingerprint density at radius 3 is 2.47 bits per heavy atom. The van der Waals surface area contributed by atoms with Gasteiger partial charge in [-0.2, -0.15) is 0 Å². The van der Waals surface area contributed by atoms with Crippen LogP contribution in [0.25, 0.3) is 0 Å². The van der Waals surface area contributed by atoms with Crippen LogP contribution in [0.2, 0.25) is 0 Å². The summed E-state index contributed by atoms with van der Waals surface area (Å²) in [6.45, 7) is 2.04. The molecule has 7 heteroatoms. The van der Waals surface area contributed by atoms with Gasteiger partial charge in [0.05, 0.1) is 0 Å². The van der Waals surface area contributed by atoms with E-state index in [9.17, 15) is 8.42 Å². The zero-order chi connectivity index (χ0) is 14.0. The van der Waals surface area contributed by atoms with Gasteiger partial charge in [0.1, 0.15) is 5.82 Å². The molecule has 0 unspecified atom stereocenters. The van der Waals surface area contributed by atoms with Crippen LogP contribution < -0.4 is 5.14 Å². The number of nitrogens with two attached hydrogens (primary N) is 1. The third-order valence-corrected chi connectivity index (χ3v) is 3.92. The van der Waals surface area contributed by atoms with Crippen molar-refractivity contribution in [3.05, 3.63) is 41.2 Å². The molecule has 0 saturated heterocycles. The van der Waals surface area contributed by atoms with Crippen molar-refractivity contribution in [1.82, 2.24) is 14.8 Å². The molecular weight excluding hydrogens is 264 g/mol. The van der Waals surface area contributed by atoms with Gasteiger partial charge in [-0.1, -0.05) is 24.3 Å². The van der Waals surface area contributed by atoms with E-state index in [2.05, 4.69) is 10.2 Å². The Kier molecular flexibility index (Phi) is 3.68. The first-order valence-electron chi connectivity index (χ1n) is 5.85. The molecule has 2 rings (SSSR count). The highest BCUT2D eigenvalue weighted by Gasteiger charge is 2.18. The summed E-state index contributed by atoms with van der Waals surface area (Å²) >= 11 is 0. The summed E-state index contributed by atoms with van der Waals surface area (Å²) in [5, 5.41) is 12.4. The lowest BCUT2D eigenvalue weighted by molar-refractivity contribution is 0.577. The lowest BCUT2D eigenvalue weighted by Gasteiger charge is -2.05. The summed E-state index contributed by atoms with van der Waals surface area (Å²) in [5.41, 5.74) is 2.42. The summed E-state index contributed by atoms with van der Waals surface area (Å²) in [6.07, 6.45) is 1.40. The van der Waals surface area contributed by atoms with Crippen molar-refractivity contribution >= 4 is 10.0 Å². The second-order valence-corrected chi connectivity index (χ2v) is 5.88. The number of aromatic nitrogens is 3. The Labute approximate surface area is 112 Å². The van der Waals surface area contributed by atoms with Crippen LogP contribution in [0.5, 0.6) is 0 Å². The molecule has 2 N–H and O–H groups in total. The summed E-state index contributed by atoms with van der Waals surface area (Å²) in [6, 6.07) is 8.06. The van der Waals surface area contributed by atoms with E-state index in [0.717, 1.165) is 6.42 Å². The molecule has 0 fully saturated rings. The third kappa shape index (κ3) is 2.99. The van der Waals surface area contributed by atoms with Gasteiger partial charge >= 0.3 is 0 Å². The first-order valence-corrected chi connectivity index (χ1v) is 7.40. The zero-order valence-electron chi connectivity index (χ0n) is 10.9. The Morgan fingerprint density at radius 2 is 1.89 bits per heavy atom. The molecular formula is C12H16N4O2S. The van der Waals surface area contributed by atoms with E-state index < -0.39 is 10.0 Å². The van der Waals surface area contributed by atoms with Crippen LogP contribution in [0.4, 0.5) is 0 Å². The maximum atomic E-state index is 11.2. The molecule has 0 aliphatic heterocycles. The molecule has 0 bridgehead atoms. The van der Waals surface area contributed by atoms with Crippen LogP contribution in [0, 0.1) is 6.92 Å². The second-order valence-electron chi connectivity index (χ2n) is 4.43. The van der Waals surface area contributed by atoms with E-state index in [1.165, 1.54) is 15.7 Å². The summed E-state index contributed by atoms with van der Waals surface area (Å²) in [4.78, 5) is 0. The van der Waals surface area contributed by atoms with E-state index in [-0.39, 0.29) is 5.16 Å². The van der Waals surface area contributed by atoms with Crippen molar-refractivity contribution in [3.63, 3.8) is 0 Å². The quantitative estimate of drug-likeness (QED) is 0.885. The van der Waals surface area contributed by atoms with Gasteiger partial charge in [0.25, 0.3) is 15.2 Å². The molecule has 2 aromatic rings. The molecule has 0 atom stereocenters. The van der Waals surface area contributed by atoms with Crippen molar-refractivity contribution in [2.24, 2.45) is 12.2 Å². The van der Waals surface area contributed by atoms with Gasteiger partial charge < -0.3 is 4.57 Å². The SMILES string of the molecule is Cc1ccccc1CCc1nnc(S(N)(=O)=O)n1C. The van der Waals surface area contributed by atoms with Crippen LogP contribution in [0.1, 0.15) is 17.0 Å². The molecule has 0 aliphatic rings. The minimum absolute atomic E-state index is 0.202. The summed E-state index contributed by atoms with van der Waals surface area (Å²) in [5.74, 6) is 0.604. The Hall–Kier alpha value is -1.73. The van der Waals surface area contributed by atoms with Gasteiger partial charge in [-0.3, -0.25) is 0 Å². The average molecular weight is 280 g/mol. The van der Waals surface area contributed by atoms with E-state index in [4.69, 9.17) is 5.14 Å². The number of hydrogen-bond donors (Lipinski definition) is 1. The predicted octanol–water partition coefficient (Wildman–Crippen LogP) is 0.556. The molecule has 1 heterocycles. The van der Waals surface area contributed by atoms with Crippen molar-refractivity contribution < 1.29 is 8.42 Å². The number of nitrogens with zero attached hydrogens (tertiary/aromatic N) is 3.